The maximum atomic E-state index is 10.5. The average molecular weight is 147 g/mol. The van der Waals surface area contributed by atoms with Gasteiger partial charge in [-0.25, -0.2) is 4.79 Å². The molecule has 10 heavy (non-hydrogen) atoms. The second kappa shape index (κ2) is 5.16. The fourth-order valence-electron chi connectivity index (χ4n) is 0.543. The van der Waals surface area contributed by atoms with E-state index in [-0.39, 0.29) is 0 Å². The molecule has 0 aliphatic heterocycles. The van der Waals surface area contributed by atoms with Gasteiger partial charge in [-0.15, -0.1) is 0 Å². The number of hydrogen-bond acceptors (Lipinski definition) is 5. The lowest BCUT2D eigenvalue weighted by Gasteiger charge is -2.05. The van der Waals surface area contributed by atoms with Crippen LogP contribution in [-0.2, 0) is 9.63 Å². The van der Waals surface area contributed by atoms with E-state index in [1.807, 2.05) is 0 Å². The minimum absolute atomic E-state index is 0.519. The van der Waals surface area contributed by atoms with Gasteiger partial charge in [0.15, 0.2) is 0 Å². The fourth-order valence-corrected chi connectivity index (χ4v) is 0.543. The third kappa shape index (κ3) is 3.39. The first kappa shape index (κ1) is 9.35. The van der Waals surface area contributed by atoms with E-state index in [0.717, 1.165) is 0 Å². The summed E-state index contributed by atoms with van der Waals surface area (Å²) in [6.07, 6.45) is 1.23. The first-order valence-corrected chi connectivity index (χ1v) is 3.08. The molecule has 0 aliphatic rings. The average Bonchev–Trinajstić information content (AvgIpc) is 1.98. The monoisotopic (exact) mass is 147 g/mol. The Bertz CT molecular complexity index is 107. The van der Waals surface area contributed by atoms with E-state index in [4.69, 9.17) is 11.5 Å². The van der Waals surface area contributed by atoms with Crippen LogP contribution < -0.4 is 17.4 Å². The summed E-state index contributed by atoms with van der Waals surface area (Å²) in [6.45, 7) is 0.519. The molecule has 0 radical (unpaired) electrons. The molecule has 1 atom stereocenters. The summed E-state index contributed by atoms with van der Waals surface area (Å²) in [5.41, 5.74) is 10.5. The molecule has 0 aromatic carbocycles. The summed E-state index contributed by atoms with van der Waals surface area (Å²) < 4.78 is 0. The second-order valence-corrected chi connectivity index (χ2v) is 1.97. The van der Waals surface area contributed by atoms with Gasteiger partial charge in [0.05, 0.1) is 0 Å². The molecule has 0 heterocycles. The van der Waals surface area contributed by atoms with Crippen LogP contribution in [0.3, 0.4) is 0 Å². The molecule has 0 aliphatic carbocycles. The lowest BCUT2D eigenvalue weighted by Crippen LogP contribution is -2.34. The molecule has 0 rings (SSSR count). The Morgan fingerprint density at radius 2 is 2.20 bits per heavy atom. The standard InChI is InChI=1S/C5H13N3O2/c6-3-1-2-4(7)5(9)10-8/h4H,1-3,6-8H2/t4-/m0/s1. The van der Waals surface area contributed by atoms with Crippen LogP contribution in [0.15, 0.2) is 0 Å². The SMILES string of the molecule is NCCC[C@H](N)C(=O)ON. The molecule has 0 aromatic rings. The summed E-state index contributed by atoms with van der Waals surface area (Å²) in [4.78, 5) is 14.4. The smallest absolute Gasteiger partial charge is 0.341 e. The van der Waals surface area contributed by atoms with Gasteiger partial charge in [-0.3, -0.25) is 0 Å². The topological polar surface area (TPSA) is 104 Å². The number of rotatable bonds is 4. The highest BCUT2D eigenvalue weighted by molar-refractivity contribution is 5.74. The van der Waals surface area contributed by atoms with E-state index in [0.29, 0.717) is 19.4 Å². The van der Waals surface area contributed by atoms with E-state index in [1.54, 1.807) is 0 Å². The van der Waals surface area contributed by atoms with Crippen molar-refractivity contribution in [1.82, 2.24) is 0 Å². The third-order valence-electron chi connectivity index (χ3n) is 1.14. The molecular weight excluding hydrogens is 134 g/mol. The van der Waals surface area contributed by atoms with E-state index >= 15 is 0 Å². The lowest BCUT2D eigenvalue weighted by molar-refractivity contribution is -0.145. The molecule has 0 aromatic heterocycles. The Balaban J connectivity index is 3.41. The van der Waals surface area contributed by atoms with Crippen molar-refractivity contribution < 1.29 is 9.63 Å². The fraction of sp³-hybridized carbons (Fsp3) is 0.800. The van der Waals surface area contributed by atoms with Crippen molar-refractivity contribution in [2.45, 2.75) is 18.9 Å². The molecule has 0 saturated carbocycles. The van der Waals surface area contributed by atoms with Crippen LogP contribution in [0.5, 0.6) is 0 Å². The molecule has 5 nitrogen and oxygen atoms in total. The quantitative estimate of drug-likeness (QED) is 0.418. The molecule has 5 heteroatoms. The van der Waals surface area contributed by atoms with Gasteiger partial charge < -0.3 is 16.3 Å². The van der Waals surface area contributed by atoms with Gasteiger partial charge in [0.2, 0.25) is 0 Å². The molecule has 0 amide bonds. The predicted molar refractivity (Wildman–Crippen MR) is 36.5 cm³/mol. The van der Waals surface area contributed by atoms with Crippen molar-refractivity contribution in [3.63, 3.8) is 0 Å². The van der Waals surface area contributed by atoms with Gasteiger partial charge >= 0.3 is 5.97 Å². The van der Waals surface area contributed by atoms with Crippen LogP contribution in [-0.4, -0.2) is 18.6 Å². The van der Waals surface area contributed by atoms with Crippen LogP contribution in [0, 0.1) is 0 Å². The molecule has 0 fully saturated rings. The first-order valence-electron chi connectivity index (χ1n) is 3.08. The van der Waals surface area contributed by atoms with E-state index in [9.17, 15) is 4.79 Å². The highest BCUT2D eigenvalue weighted by Crippen LogP contribution is 1.93. The van der Waals surface area contributed by atoms with E-state index < -0.39 is 12.0 Å². The minimum atomic E-state index is -0.631. The maximum Gasteiger partial charge on any atom is 0.341 e. The predicted octanol–water partition coefficient (Wildman–Crippen LogP) is -1.53. The van der Waals surface area contributed by atoms with Gasteiger partial charge in [-0.2, -0.15) is 5.90 Å². The second-order valence-electron chi connectivity index (χ2n) is 1.97. The molecule has 6 N–H and O–H groups in total. The molecular formula is C5H13N3O2. The van der Waals surface area contributed by atoms with Crippen molar-refractivity contribution in [3.8, 4) is 0 Å². The van der Waals surface area contributed by atoms with E-state index in [2.05, 4.69) is 10.7 Å². The van der Waals surface area contributed by atoms with Crippen LogP contribution in [0.4, 0.5) is 0 Å². The van der Waals surface area contributed by atoms with E-state index in [1.165, 1.54) is 0 Å². The molecule has 60 valence electrons. The Morgan fingerprint density at radius 1 is 1.60 bits per heavy atom. The highest BCUT2D eigenvalue weighted by atomic mass is 16.7. The van der Waals surface area contributed by atoms with Gasteiger partial charge in [0.1, 0.15) is 6.04 Å². The Morgan fingerprint density at radius 3 is 2.60 bits per heavy atom. The van der Waals surface area contributed by atoms with Gasteiger partial charge in [-0.1, -0.05) is 0 Å². The highest BCUT2D eigenvalue weighted by Gasteiger charge is 2.12. The zero-order chi connectivity index (χ0) is 7.98. The minimum Gasteiger partial charge on any atom is -0.372 e. The van der Waals surface area contributed by atoms with Gasteiger partial charge in [0, 0.05) is 0 Å². The molecule has 0 spiro atoms. The number of carbonyl (C=O) groups excluding carboxylic acids is 1. The van der Waals surface area contributed by atoms with Gasteiger partial charge in [-0.05, 0) is 19.4 Å². The molecule has 0 unspecified atom stereocenters. The first-order chi connectivity index (χ1) is 4.72. The third-order valence-corrected chi connectivity index (χ3v) is 1.14. The van der Waals surface area contributed by atoms with Crippen molar-refractivity contribution in [1.29, 1.82) is 0 Å². The summed E-state index contributed by atoms with van der Waals surface area (Å²) in [7, 11) is 0. The summed E-state index contributed by atoms with van der Waals surface area (Å²) in [5, 5.41) is 0. The number of nitrogens with two attached hydrogens (primary N) is 3. The Labute approximate surface area is 59.4 Å². The van der Waals surface area contributed by atoms with Crippen molar-refractivity contribution in [2.24, 2.45) is 17.4 Å². The zero-order valence-electron chi connectivity index (χ0n) is 5.75. The number of hydrogen-bond donors (Lipinski definition) is 3. The van der Waals surface area contributed by atoms with Crippen LogP contribution in [0.25, 0.3) is 0 Å². The Kier molecular flexibility index (Phi) is 4.82. The van der Waals surface area contributed by atoms with Crippen LogP contribution >= 0.6 is 0 Å². The van der Waals surface area contributed by atoms with Crippen LogP contribution in [0.2, 0.25) is 0 Å². The zero-order valence-corrected chi connectivity index (χ0v) is 5.75. The molecule has 0 bridgehead atoms. The van der Waals surface area contributed by atoms with Crippen molar-refractivity contribution >= 4 is 5.97 Å². The summed E-state index contributed by atoms with van der Waals surface area (Å²) in [5.74, 6) is 3.99. The largest absolute Gasteiger partial charge is 0.372 e. The normalized spacial score (nSPS) is 12.7. The Hall–Kier alpha value is -0.650. The van der Waals surface area contributed by atoms with Gasteiger partial charge in [0.25, 0.3) is 0 Å². The summed E-state index contributed by atoms with van der Waals surface area (Å²) in [6, 6.07) is -0.631. The summed E-state index contributed by atoms with van der Waals surface area (Å²) >= 11 is 0. The molecule has 0 saturated heterocycles. The van der Waals surface area contributed by atoms with Crippen molar-refractivity contribution in [2.75, 3.05) is 6.54 Å². The lowest BCUT2D eigenvalue weighted by atomic mass is 10.2. The van der Waals surface area contributed by atoms with Crippen molar-refractivity contribution in [3.05, 3.63) is 0 Å². The number of carbonyl (C=O) groups is 1. The maximum absolute atomic E-state index is 10.5. The van der Waals surface area contributed by atoms with Crippen LogP contribution in [0.1, 0.15) is 12.8 Å².